The van der Waals surface area contributed by atoms with Crippen molar-refractivity contribution in [3.05, 3.63) is 89.3 Å². The lowest BCUT2D eigenvalue weighted by Gasteiger charge is -2.09. The number of ketones is 1. The predicted octanol–water partition coefficient (Wildman–Crippen LogP) is 4.46. The molecule has 0 fully saturated rings. The van der Waals surface area contributed by atoms with E-state index >= 15 is 0 Å². The SMILES string of the molecule is COC(=O)c1ccc(C=CC(=O)c2ccc(OC)c(CSc3ncccn3)c2)cc1. The van der Waals surface area contributed by atoms with Gasteiger partial charge < -0.3 is 9.47 Å². The van der Waals surface area contributed by atoms with Crippen LogP contribution in [-0.2, 0) is 10.5 Å². The number of thioether (sulfide) groups is 1. The van der Waals surface area contributed by atoms with E-state index in [9.17, 15) is 9.59 Å². The number of nitrogens with zero attached hydrogens (tertiary/aromatic N) is 2. The average molecular weight is 420 g/mol. The van der Waals surface area contributed by atoms with Crippen molar-refractivity contribution in [3.63, 3.8) is 0 Å². The molecule has 0 radical (unpaired) electrons. The Morgan fingerprint density at radius 1 is 1.00 bits per heavy atom. The molecule has 0 saturated heterocycles. The van der Waals surface area contributed by atoms with E-state index in [1.54, 1.807) is 68.0 Å². The van der Waals surface area contributed by atoms with Gasteiger partial charge in [-0.3, -0.25) is 4.79 Å². The Morgan fingerprint density at radius 2 is 1.70 bits per heavy atom. The summed E-state index contributed by atoms with van der Waals surface area (Å²) in [6.07, 6.45) is 6.59. The molecular weight excluding hydrogens is 400 g/mol. The fourth-order valence-corrected chi connectivity index (χ4v) is 3.44. The van der Waals surface area contributed by atoms with Crippen LogP contribution in [0.2, 0.25) is 0 Å². The van der Waals surface area contributed by atoms with Crippen LogP contribution in [0.4, 0.5) is 0 Å². The molecule has 152 valence electrons. The van der Waals surface area contributed by atoms with Crippen LogP contribution in [0.25, 0.3) is 6.08 Å². The van der Waals surface area contributed by atoms with Crippen LogP contribution in [0, 0.1) is 0 Å². The third-order valence-electron chi connectivity index (χ3n) is 4.22. The maximum absolute atomic E-state index is 12.6. The zero-order chi connectivity index (χ0) is 21.3. The standard InChI is InChI=1S/C23H20N2O4S/c1-28-21-11-9-18(14-19(21)15-30-23-24-12-3-13-25-23)20(26)10-6-16-4-7-17(8-5-16)22(27)29-2/h3-14H,15H2,1-2H3. The van der Waals surface area contributed by atoms with Crippen LogP contribution in [0.1, 0.15) is 31.8 Å². The van der Waals surface area contributed by atoms with Crippen LogP contribution in [0.15, 0.2) is 72.2 Å². The first kappa shape index (κ1) is 21.3. The highest BCUT2D eigenvalue weighted by molar-refractivity contribution is 7.98. The lowest BCUT2D eigenvalue weighted by Crippen LogP contribution is -2.00. The molecule has 1 heterocycles. The number of methoxy groups -OCH3 is 2. The van der Waals surface area contributed by atoms with Crippen molar-refractivity contribution in [1.82, 2.24) is 9.97 Å². The number of carbonyl (C=O) groups is 2. The molecule has 0 aliphatic rings. The average Bonchev–Trinajstić information content (AvgIpc) is 2.81. The molecule has 0 spiro atoms. The Kier molecular flexibility index (Phi) is 7.34. The molecule has 0 aliphatic heterocycles. The quantitative estimate of drug-likeness (QED) is 0.175. The van der Waals surface area contributed by atoms with Gasteiger partial charge in [-0.2, -0.15) is 0 Å². The van der Waals surface area contributed by atoms with Gasteiger partial charge in [0.1, 0.15) is 5.75 Å². The number of carbonyl (C=O) groups excluding carboxylic acids is 2. The van der Waals surface area contributed by atoms with E-state index in [2.05, 4.69) is 14.7 Å². The van der Waals surface area contributed by atoms with E-state index in [0.29, 0.717) is 27.8 Å². The van der Waals surface area contributed by atoms with Crippen molar-refractivity contribution < 1.29 is 19.1 Å². The Balaban J connectivity index is 1.72. The summed E-state index contributed by atoms with van der Waals surface area (Å²) in [5, 5.41) is 0.659. The maximum atomic E-state index is 12.6. The highest BCUT2D eigenvalue weighted by atomic mass is 32.2. The summed E-state index contributed by atoms with van der Waals surface area (Å²) < 4.78 is 10.1. The van der Waals surface area contributed by atoms with Gasteiger partial charge in [-0.1, -0.05) is 30.0 Å². The van der Waals surface area contributed by atoms with E-state index in [-0.39, 0.29) is 5.78 Å². The highest BCUT2D eigenvalue weighted by Gasteiger charge is 2.10. The van der Waals surface area contributed by atoms with Crippen LogP contribution in [0.3, 0.4) is 0 Å². The van der Waals surface area contributed by atoms with Crippen molar-refractivity contribution in [3.8, 4) is 5.75 Å². The Bertz CT molecular complexity index is 1050. The van der Waals surface area contributed by atoms with Gasteiger partial charge in [0, 0.05) is 29.3 Å². The summed E-state index contributed by atoms with van der Waals surface area (Å²) in [5.74, 6) is 0.757. The third-order valence-corrected chi connectivity index (χ3v) is 5.15. The van der Waals surface area contributed by atoms with Crippen molar-refractivity contribution in [2.24, 2.45) is 0 Å². The van der Waals surface area contributed by atoms with Crippen molar-refractivity contribution >= 4 is 29.6 Å². The summed E-state index contributed by atoms with van der Waals surface area (Å²) in [5.41, 5.74) is 2.71. The van der Waals surface area contributed by atoms with Gasteiger partial charge >= 0.3 is 5.97 Å². The van der Waals surface area contributed by atoms with Gasteiger partial charge in [0.15, 0.2) is 10.9 Å². The number of benzene rings is 2. The summed E-state index contributed by atoms with van der Waals surface area (Å²) >= 11 is 1.47. The monoisotopic (exact) mass is 420 g/mol. The van der Waals surface area contributed by atoms with Gasteiger partial charge in [-0.05, 0) is 48.0 Å². The zero-order valence-electron chi connectivity index (χ0n) is 16.6. The van der Waals surface area contributed by atoms with Crippen LogP contribution in [0.5, 0.6) is 5.75 Å². The molecule has 0 bridgehead atoms. The molecule has 7 heteroatoms. The number of allylic oxidation sites excluding steroid dienone is 1. The molecule has 1 aromatic heterocycles. The Hall–Kier alpha value is -3.45. The molecule has 0 atom stereocenters. The summed E-state index contributed by atoms with van der Waals surface area (Å²) in [4.78, 5) is 32.5. The molecule has 0 aliphatic carbocycles. The van der Waals surface area contributed by atoms with Crippen LogP contribution >= 0.6 is 11.8 Å². The summed E-state index contributed by atoms with van der Waals surface area (Å²) in [7, 11) is 2.94. The second-order valence-corrected chi connectivity index (χ2v) is 7.10. The fraction of sp³-hybridized carbons (Fsp3) is 0.130. The molecule has 0 saturated carbocycles. The predicted molar refractivity (Wildman–Crippen MR) is 116 cm³/mol. The molecule has 3 rings (SSSR count). The number of aromatic nitrogens is 2. The lowest BCUT2D eigenvalue weighted by atomic mass is 10.1. The topological polar surface area (TPSA) is 78.4 Å². The number of rotatable bonds is 8. The van der Waals surface area contributed by atoms with Crippen molar-refractivity contribution in [1.29, 1.82) is 0 Å². The second kappa shape index (κ2) is 10.4. The number of hydrogen-bond donors (Lipinski definition) is 0. The first-order valence-corrected chi connectivity index (χ1v) is 10.1. The smallest absolute Gasteiger partial charge is 0.337 e. The molecule has 3 aromatic rings. The minimum atomic E-state index is -0.397. The third kappa shape index (κ3) is 5.55. The van der Waals surface area contributed by atoms with E-state index in [1.807, 2.05) is 6.07 Å². The molecule has 0 N–H and O–H groups in total. The Morgan fingerprint density at radius 3 is 2.37 bits per heavy atom. The van der Waals surface area contributed by atoms with Crippen LogP contribution in [-0.4, -0.2) is 35.9 Å². The van der Waals surface area contributed by atoms with E-state index in [4.69, 9.17) is 4.74 Å². The van der Waals surface area contributed by atoms with Gasteiger partial charge in [-0.15, -0.1) is 0 Å². The van der Waals surface area contributed by atoms with Crippen molar-refractivity contribution in [2.45, 2.75) is 10.9 Å². The first-order valence-electron chi connectivity index (χ1n) is 9.08. The largest absolute Gasteiger partial charge is 0.496 e. The lowest BCUT2D eigenvalue weighted by molar-refractivity contribution is 0.0600. The molecule has 30 heavy (non-hydrogen) atoms. The number of ether oxygens (including phenoxy) is 2. The van der Waals surface area contributed by atoms with E-state index < -0.39 is 5.97 Å². The van der Waals surface area contributed by atoms with E-state index in [0.717, 1.165) is 11.1 Å². The van der Waals surface area contributed by atoms with Crippen molar-refractivity contribution in [2.75, 3.05) is 14.2 Å². The highest BCUT2D eigenvalue weighted by Crippen LogP contribution is 2.27. The van der Waals surface area contributed by atoms with Gasteiger partial charge in [-0.25, -0.2) is 14.8 Å². The maximum Gasteiger partial charge on any atom is 0.337 e. The molecular formula is C23H20N2O4S. The number of esters is 1. The molecule has 0 unspecified atom stereocenters. The van der Waals surface area contributed by atoms with Crippen LogP contribution < -0.4 is 4.74 Å². The Labute approximate surface area is 179 Å². The van der Waals surface area contributed by atoms with Gasteiger partial charge in [0.2, 0.25) is 0 Å². The minimum Gasteiger partial charge on any atom is -0.496 e. The van der Waals surface area contributed by atoms with Gasteiger partial charge in [0.05, 0.1) is 19.8 Å². The molecule has 6 nitrogen and oxygen atoms in total. The number of hydrogen-bond acceptors (Lipinski definition) is 7. The van der Waals surface area contributed by atoms with Gasteiger partial charge in [0.25, 0.3) is 0 Å². The molecule has 0 amide bonds. The second-order valence-electron chi connectivity index (χ2n) is 6.16. The minimum absolute atomic E-state index is 0.128. The van der Waals surface area contributed by atoms with E-state index in [1.165, 1.54) is 24.9 Å². The first-order chi connectivity index (χ1) is 14.6. The summed E-state index contributed by atoms with van der Waals surface area (Å²) in [6.45, 7) is 0. The fourth-order valence-electron chi connectivity index (χ4n) is 2.66. The summed E-state index contributed by atoms with van der Waals surface area (Å²) in [6, 6.07) is 13.9. The normalized spacial score (nSPS) is 10.7. The zero-order valence-corrected chi connectivity index (χ0v) is 17.4. The molecule has 2 aromatic carbocycles.